The quantitative estimate of drug-likeness (QED) is 0.733. The van der Waals surface area contributed by atoms with Crippen LogP contribution in [-0.2, 0) is 4.74 Å². The van der Waals surface area contributed by atoms with E-state index >= 15 is 0 Å². The molecule has 1 aliphatic heterocycles. The molecule has 3 unspecified atom stereocenters. The highest BCUT2D eigenvalue weighted by Crippen LogP contribution is 2.20. The van der Waals surface area contributed by atoms with Crippen LogP contribution in [0.4, 0.5) is 0 Å². The molecule has 2 N–H and O–H groups in total. The highest BCUT2D eigenvalue weighted by molar-refractivity contribution is 4.81. The number of hydrogen-bond acceptors (Lipinski definition) is 3. The Kier molecular flexibility index (Phi) is 5.58. The number of hydrogen-bond donors (Lipinski definition) is 2. The fraction of sp³-hybridized carbons (Fsp3) is 1.00. The van der Waals surface area contributed by atoms with Gasteiger partial charge in [-0.3, -0.25) is 0 Å². The van der Waals surface area contributed by atoms with E-state index in [-0.39, 0.29) is 6.61 Å². The van der Waals surface area contributed by atoms with Crippen LogP contribution in [0.5, 0.6) is 0 Å². The summed E-state index contributed by atoms with van der Waals surface area (Å²) in [5.41, 5.74) is 0. The van der Waals surface area contributed by atoms with Crippen LogP contribution in [0, 0.1) is 0 Å². The molecule has 90 valence electrons. The highest BCUT2D eigenvalue weighted by atomic mass is 16.5. The number of aliphatic hydroxyl groups excluding tert-OH is 1. The largest absolute Gasteiger partial charge is 0.396 e. The van der Waals surface area contributed by atoms with E-state index in [9.17, 15) is 0 Å². The Labute approximate surface area is 93.2 Å². The van der Waals surface area contributed by atoms with Gasteiger partial charge >= 0.3 is 0 Å². The predicted molar refractivity (Wildman–Crippen MR) is 61.9 cm³/mol. The van der Waals surface area contributed by atoms with Gasteiger partial charge in [-0.15, -0.1) is 0 Å². The molecule has 1 heterocycles. The van der Waals surface area contributed by atoms with Crippen molar-refractivity contribution in [3.8, 4) is 0 Å². The summed E-state index contributed by atoms with van der Waals surface area (Å²) >= 11 is 0. The molecule has 0 aromatic rings. The fourth-order valence-electron chi connectivity index (χ4n) is 2.44. The minimum atomic E-state index is 0.278. The molecule has 1 aliphatic rings. The average Bonchev–Trinajstić information content (AvgIpc) is 2.15. The Balaban J connectivity index is 2.35. The zero-order valence-electron chi connectivity index (χ0n) is 10.2. The summed E-state index contributed by atoms with van der Waals surface area (Å²) < 4.78 is 5.70. The van der Waals surface area contributed by atoms with Gasteiger partial charge in [-0.25, -0.2) is 0 Å². The molecule has 1 fully saturated rings. The van der Waals surface area contributed by atoms with Crippen LogP contribution < -0.4 is 5.32 Å². The lowest BCUT2D eigenvalue weighted by molar-refractivity contribution is -0.0439. The van der Waals surface area contributed by atoms with Gasteiger partial charge in [0.15, 0.2) is 0 Å². The molecule has 0 aromatic heterocycles. The van der Waals surface area contributed by atoms with E-state index in [4.69, 9.17) is 9.84 Å². The Hall–Kier alpha value is -0.120. The van der Waals surface area contributed by atoms with Crippen LogP contribution in [0.3, 0.4) is 0 Å². The van der Waals surface area contributed by atoms with Crippen molar-refractivity contribution >= 4 is 0 Å². The molecular weight excluding hydrogens is 190 g/mol. The molecule has 0 spiro atoms. The number of ether oxygens (including phenoxy) is 1. The second kappa shape index (κ2) is 6.46. The number of nitrogens with one attached hydrogen (secondary N) is 1. The zero-order chi connectivity index (χ0) is 11.3. The second-order valence-electron chi connectivity index (χ2n) is 4.71. The maximum absolute atomic E-state index is 8.94. The summed E-state index contributed by atoms with van der Waals surface area (Å²) in [5.74, 6) is 0. The van der Waals surface area contributed by atoms with Gasteiger partial charge < -0.3 is 15.2 Å². The van der Waals surface area contributed by atoms with E-state index in [1.807, 2.05) is 0 Å². The summed E-state index contributed by atoms with van der Waals surface area (Å²) in [6.45, 7) is 6.72. The van der Waals surface area contributed by atoms with Crippen molar-refractivity contribution in [3.63, 3.8) is 0 Å². The third-order valence-corrected chi connectivity index (χ3v) is 3.14. The molecule has 0 radical (unpaired) electrons. The van der Waals surface area contributed by atoms with E-state index < -0.39 is 0 Å². The van der Waals surface area contributed by atoms with Gasteiger partial charge in [-0.05, 0) is 39.5 Å². The SMILES string of the molecule is CCC(CCO)NC1CC(C)OC(C)C1. The second-order valence-corrected chi connectivity index (χ2v) is 4.71. The average molecular weight is 215 g/mol. The number of aliphatic hydroxyl groups is 1. The molecule has 0 aliphatic carbocycles. The van der Waals surface area contributed by atoms with E-state index in [2.05, 4.69) is 26.1 Å². The van der Waals surface area contributed by atoms with E-state index in [0.717, 1.165) is 25.7 Å². The first-order valence-corrected chi connectivity index (χ1v) is 6.18. The smallest absolute Gasteiger partial charge is 0.0565 e. The van der Waals surface area contributed by atoms with Crippen LogP contribution >= 0.6 is 0 Å². The van der Waals surface area contributed by atoms with Crippen LogP contribution in [0.1, 0.15) is 46.5 Å². The zero-order valence-corrected chi connectivity index (χ0v) is 10.2. The van der Waals surface area contributed by atoms with Crippen LogP contribution in [0.2, 0.25) is 0 Å². The minimum Gasteiger partial charge on any atom is -0.396 e. The molecule has 15 heavy (non-hydrogen) atoms. The normalized spacial score (nSPS) is 34.0. The summed E-state index contributed by atoms with van der Waals surface area (Å²) in [6.07, 6.45) is 4.84. The maximum atomic E-state index is 8.94. The molecule has 0 bridgehead atoms. The third kappa shape index (κ3) is 4.49. The lowest BCUT2D eigenvalue weighted by atomic mass is 9.98. The lowest BCUT2D eigenvalue weighted by Crippen LogP contribution is -2.45. The Bertz CT molecular complexity index is 165. The van der Waals surface area contributed by atoms with Crippen LogP contribution in [0.15, 0.2) is 0 Å². The summed E-state index contributed by atoms with van der Waals surface area (Å²) in [4.78, 5) is 0. The lowest BCUT2D eigenvalue weighted by Gasteiger charge is -2.34. The van der Waals surface area contributed by atoms with Crippen molar-refractivity contribution in [2.75, 3.05) is 6.61 Å². The van der Waals surface area contributed by atoms with Crippen LogP contribution in [0.25, 0.3) is 0 Å². The molecule has 0 amide bonds. The molecule has 1 saturated heterocycles. The van der Waals surface area contributed by atoms with Crippen molar-refractivity contribution in [2.24, 2.45) is 0 Å². The molecule has 3 heteroatoms. The van der Waals surface area contributed by atoms with Gasteiger partial charge in [0.05, 0.1) is 12.2 Å². The topological polar surface area (TPSA) is 41.5 Å². The molecule has 3 nitrogen and oxygen atoms in total. The first-order chi connectivity index (χ1) is 7.15. The van der Waals surface area contributed by atoms with Gasteiger partial charge in [0.25, 0.3) is 0 Å². The molecule has 0 saturated carbocycles. The van der Waals surface area contributed by atoms with E-state index in [1.165, 1.54) is 0 Å². The fourth-order valence-corrected chi connectivity index (χ4v) is 2.44. The summed E-state index contributed by atoms with van der Waals surface area (Å²) in [5, 5.41) is 12.6. The number of rotatable bonds is 5. The monoisotopic (exact) mass is 215 g/mol. The van der Waals surface area contributed by atoms with Gasteiger partial charge in [0.1, 0.15) is 0 Å². The van der Waals surface area contributed by atoms with E-state index in [0.29, 0.717) is 24.3 Å². The Morgan fingerprint density at radius 1 is 1.33 bits per heavy atom. The minimum absolute atomic E-state index is 0.278. The first kappa shape index (κ1) is 12.9. The Morgan fingerprint density at radius 2 is 1.93 bits per heavy atom. The predicted octanol–water partition coefficient (Wildman–Crippen LogP) is 1.69. The molecule has 1 rings (SSSR count). The van der Waals surface area contributed by atoms with Crippen molar-refractivity contribution < 1.29 is 9.84 Å². The summed E-state index contributed by atoms with van der Waals surface area (Å²) in [7, 11) is 0. The van der Waals surface area contributed by atoms with Crippen molar-refractivity contribution in [1.82, 2.24) is 5.32 Å². The van der Waals surface area contributed by atoms with Crippen LogP contribution in [-0.4, -0.2) is 36.0 Å². The van der Waals surface area contributed by atoms with Crippen molar-refractivity contribution in [2.45, 2.75) is 70.7 Å². The van der Waals surface area contributed by atoms with Gasteiger partial charge in [0.2, 0.25) is 0 Å². The van der Waals surface area contributed by atoms with Gasteiger partial charge in [-0.2, -0.15) is 0 Å². The van der Waals surface area contributed by atoms with E-state index in [1.54, 1.807) is 0 Å². The first-order valence-electron chi connectivity index (χ1n) is 6.18. The third-order valence-electron chi connectivity index (χ3n) is 3.14. The summed E-state index contributed by atoms with van der Waals surface area (Å²) in [6, 6.07) is 1.01. The molecule has 0 aromatic carbocycles. The maximum Gasteiger partial charge on any atom is 0.0565 e. The highest BCUT2D eigenvalue weighted by Gasteiger charge is 2.25. The van der Waals surface area contributed by atoms with Gasteiger partial charge in [0, 0.05) is 18.7 Å². The van der Waals surface area contributed by atoms with Crippen molar-refractivity contribution in [3.05, 3.63) is 0 Å². The standard InChI is InChI=1S/C12H25NO2/c1-4-11(5-6-14)13-12-7-9(2)15-10(3)8-12/h9-14H,4-8H2,1-3H3. The van der Waals surface area contributed by atoms with Crippen molar-refractivity contribution in [1.29, 1.82) is 0 Å². The van der Waals surface area contributed by atoms with Gasteiger partial charge in [-0.1, -0.05) is 6.92 Å². The molecular formula is C12H25NO2. The molecule has 3 atom stereocenters. The Morgan fingerprint density at radius 3 is 2.40 bits per heavy atom.